The summed E-state index contributed by atoms with van der Waals surface area (Å²) in [5.74, 6) is 0.554. The van der Waals surface area contributed by atoms with E-state index in [2.05, 4.69) is 15.3 Å². The second-order valence-electron chi connectivity index (χ2n) is 7.36. The van der Waals surface area contributed by atoms with Gasteiger partial charge in [-0.3, -0.25) is 4.79 Å². The fraction of sp³-hybridized carbons (Fsp3) is 0.304. The standard InChI is InChI=1S/C23H27ClN4O2/c1-16-21(22(24)28(26-16)15-17-9-6-5-7-10-17)23(29)25-14-20(27(2)3)18-11-8-12-19(13-18)30-4/h5-13,20H,14-15H2,1-4H3,(H,25,29). The van der Waals surface area contributed by atoms with Crippen molar-refractivity contribution in [2.24, 2.45) is 0 Å². The topological polar surface area (TPSA) is 59.4 Å². The molecule has 2 aromatic carbocycles. The molecule has 1 aromatic heterocycles. The lowest BCUT2D eigenvalue weighted by Gasteiger charge is -2.25. The molecular weight excluding hydrogens is 400 g/mol. The fourth-order valence-corrected chi connectivity index (χ4v) is 3.72. The van der Waals surface area contributed by atoms with E-state index in [1.54, 1.807) is 18.7 Å². The zero-order valence-electron chi connectivity index (χ0n) is 17.7. The Hall–Kier alpha value is -2.83. The van der Waals surface area contributed by atoms with E-state index in [1.165, 1.54) is 0 Å². The van der Waals surface area contributed by atoms with E-state index in [0.717, 1.165) is 16.9 Å². The molecule has 0 fully saturated rings. The highest BCUT2D eigenvalue weighted by atomic mass is 35.5. The zero-order chi connectivity index (χ0) is 21.7. The quantitative estimate of drug-likeness (QED) is 0.592. The van der Waals surface area contributed by atoms with E-state index in [4.69, 9.17) is 16.3 Å². The average molecular weight is 427 g/mol. The molecule has 0 aliphatic rings. The number of nitrogens with zero attached hydrogens (tertiary/aromatic N) is 3. The third kappa shape index (κ3) is 5.01. The number of ether oxygens (including phenoxy) is 1. The van der Waals surface area contributed by atoms with Gasteiger partial charge in [0.05, 0.1) is 31.0 Å². The van der Waals surface area contributed by atoms with Crippen LogP contribution in [0.25, 0.3) is 0 Å². The number of halogens is 1. The van der Waals surface area contributed by atoms with Crippen molar-refractivity contribution in [3.63, 3.8) is 0 Å². The number of carbonyl (C=O) groups excluding carboxylic acids is 1. The molecule has 1 heterocycles. The lowest BCUT2D eigenvalue weighted by Crippen LogP contribution is -2.34. The Balaban J connectivity index is 1.74. The van der Waals surface area contributed by atoms with Gasteiger partial charge in [-0.15, -0.1) is 0 Å². The molecule has 0 bridgehead atoms. The van der Waals surface area contributed by atoms with Crippen LogP contribution in [0.1, 0.15) is 33.2 Å². The van der Waals surface area contributed by atoms with Gasteiger partial charge in [-0.05, 0) is 44.3 Å². The normalized spacial score (nSPS) is 12.1. The van der Waals surface area contributed by atoms with Crippen LogP contribution >= 0.6 is 11.6 Å². The molecule has 3 rings (SSSR count). The Kier molecular flexibility index (Phi) is 7.13. The van der Waals surface area contributed by atoms with Crippen molar-refractivity contribution in [2.45, 2.75) is 19.5 Å². The molecule has 0 saturated carbocycles. The van der Waals surface area contributed by atoms with Crippen LogP contribution in [-0.4, -0.2) is 48.3 Å². The van der Waals surface area contributed by atoms with Crippen LogP contribution in [-0.2, 0) is 6.54 Å². The van der Waals surface area contributed by atoms with Crippen molar-refractivity contribution in [3.8, 4) is 5.75 Å². The molecule has 3 aromatic rings. The molecule has 0 aliphatic heterocycles. The molecular formula is C23H27ClN4O2. The highest BCUT2D eigenvalue weighted by Crippen LogP contribution is 2.24. The lowest BCUT2D eigenvalue weighted by atomic mass is 10.1. The molecule has 0 radical (unpaired) electrons. The maximum Gasteiger partial charge on any atom is 0.256 e. The molecule has 1 amide bonds. The number of hydrogen-bond donors (Lipinski definition) is 1. The molecule has 0 saturated heterocycles. The average Bonchev–Trinajstić information content (AvgIpc) is 3.01. The third-order valence-electron chi connectivity index (χ3n) is 5.03. The number of benzene rings is 2. The molecule has 1 atom stereocenters. The Bertz CT molecular complexity index is 1000. The van der Waals surface area contributed by atoms with Gasteiger partial charge in [0, 0.05) is 6.54 Å². The van der Waals surface area contributed by atoms with Crippen LogP contribution in [0, 0.1) is 6.92 Å². The first kappa shape index (κ1) is 21.9. The van der Waals surface area contributed by atoms with E-state index < -0.39 is 0 Å². The number of aryl methyl sites for hydroxylation is 1. The van der Waals surface area contributed by atoms with Crippen LogP contribution in [0.5, 0.6) is 5.75 Å². The summed E-state index contributed by atoms with van der Waals surface area (Å²) in [6.07, 6.45) is 0. The predicted octanol–water partition coefficient (Wildman–Crippen LogP) is 3.93. The highest BCUT2D eigenvalue weighted by Gasteiger charge is 2.22. The Morgan fingerprint density at radius 1 is 1.20 bits per heavy atom. The first-order valence-electron chi connectivity index (χ1n) is 9.76. The first-order chi connectivity index (χ1) is 14.4. The molecule has 1 N–H and O–H groups in total. The molecule has 1 unspecified atom stereocenters. The Morgan fingerprint density at radius 3 is 2.60 bits per heavy atom. The van der Waals surface area contributed by atoms with Gasteiger partial charge in [0.2, 0.25) is 0 Å². The van der Waals surface area contributed by atoms with Gasteiger partial charge in [-0.2, -0.15) is 5.10 Å². The van der Waals surface area contributed by atoms with E-state index in [-0.39, 0.29) is 11.9 Å². The molecule has 7 heteroatoms. The summed E-state index contributed by atoms with van der Waals surface area (Å²) in [4.78, 5) is 15.0. The van der Waals surface area contributed by atoms with Gasteiger partial charge >= 0.3 is 0 Å². The minimum absolute atomic E-state index is 0.0116. The smallest absolute Gasteiger partial charge is 0.256 e. The zero-order valence-corrected chi connectivity index (χ0v) is 18.5. The van der Waals surface area contributed by atoms with Crippen molar-refractivity contribution in [1.82, 2.24) is 20.0 Å². The first-order valence-corrected chi connectivity index (χ1v) is 10.1. The number of nitrogens with one attached hydrogen (secondary N) is 1. The maximum atomic E-state index is 12.9. The summed E-state index contributed by atoms with van der Waals surface area (Å²) in [7, 11) is 5.60. The number of amides is 1. The van der Waals surface area contributed by atoms with Crippen molar-refractivity contribution >= 4 is 17.5 Å². The highest BCUT2D eigenvalue weighted by molar-refractivity contribution is 6.33. The minimum Gasteiger partial charge on any atom is -0.497 e. The van der Waals surface area contributed by atoms with Crippen molar-refractivity contribution in [2.75, 3.05) is 27.7 Å². The number of likely N-dealkylation sites (N-methyl/N-ethyl adjacent to an activating group) is 1. The summed E-state index contributed by atoms with van der Waals surface area (Å²) >= 11 is 6.52. The van der Waals surface area contributed by atoms with E-state index in [1.807, 2.05) is 68.7 Å². The van der Waals surface area contributed by atoms with Crippen molar-refractivity contribution < 1.29 is 9.53 Å². The van der Waals surface area contributed by atoms with E-state index >= 15 is 0 Å². The van der Waals surface area contributed by atoms with Crippen LogP contribution in [0.2, 0.25) is 5.15 Å². The van der Waals surface area contributed by atoms with Crippen molar-refractivity contribution in [3.05, 3.63) is 82.1 Å². The summed E-state index contributed by atoms with van der Waals surface area (Å²) in [6.45, 7) is 2.74. The number of hydrogen-bond acceptors (Lipinski definition) is 4. The number of carbonyl (C=O) groups is 1. The molecule has 0 spiro atoms. The summed E-state index contributed by atoms with van der Waals surface area (Å²) < 4.78 is 6.99. The largest absolute Gasteiger partial charge is 0.497 e. The van der Waals surface area contributed by atoms with Gasteiger partial charge in [-0.25, -0.2) is 4.68 Å². The van der Waals surface area contributed by atoms with Crippen LogP contribution in [0.4, 0.5) is 0 Å². The molecule has 6 nitrogen and oxygen atoms in total. The van der Waals surface area contributed by atoms with Gasteiger partial charge < -0.3 is 15.0 Å². The molecule has 30 heavy (non-hydrogen) atoms. The van der Waals surface area contributed by atoms with Crippen LogP contribution in [0.15, 0.2) is 54.6 Å². The Labute approximate surface area is 182 Å². The summed E-state index contributed by atoms with van der Waals surface area (Å²) in [6, 6.07) is 17.7. The number of aromatic nitrogens is 2. The van der Waals surface area contributed by atoms with Gasteiger partial charge in [0.1, 0.15) is 10.9 Å². The van der Waals surface area contributed by atoms with E-state index in [9.17, 15) is 4.79 Å². The number of rotatable bonds is 8. The summed E-state index contributed by atoms with van der Waals surface area (Å²) in [5, 5.41) is 7.83. The second kappa shape index (κ2) is 9.78. The van der Waals surface area contributed by atoms with Crippen LogP contribution in [0.3, 0.4) is 0 Å². The van der Waals surface area contributed by atoms with E-state index in [0.29, 0.717) is 29.5 Å². The predicted molar refractivity (Wildman–Crippen MR) is 119 cm³/mol. The van der Waals surface area contributed by atoms with Gasteiger partial charge in [0.25, 0.3) is 5.91 Å². The van der Waals surface area contributed by atoms with Gasteiger partial charge in [0.15, 0.2) is 0 Å². The minimum atomic E-state index is -0.230. The fourth-order valence-electron chi connectivity index (χ4n) is 3.40. The molecule has 158 valence electrons. The lowest BCUT2D eigenvalue weighted by molar-refractivity contribution is 0.0941. The maximum absolute atomic E-state index is 12.9. The summed E-state index contributed by atoms with van der Waals surface area (Å²) in [5.41, 5.74) is 3.15. The van der Waals surface area contributed by atoms with Gasteiger partial charge in [-0.1, -0.05) is 54.1 Å². The Morgan fingerprint density at radius 2 is 1.93 bits per heavy atom. The second-order valence-corrected chi connectivity index (χ2v) is 7.72. The van der Waals surface area contributed by atoms with Crippen molar-refractivity contribution in [1.29, 1.82) is 0 Å². The monoisotopic (exact) mass is 426 g/mol. The van der Waals surface area contributed by atoms with Crippen LogP contribution < -0.4 is 10.1 Å². The number of methoxy groups -OCH3 is 1. The molecule has 0 aliphatic carbocycles. The SMILES string of the molecule is COc1cccc(C(CNC(=O)c2c(C)nn(Cc3ccccc3)c2Cl)N(C)C)c1. The third-order valence-corrected chi connectivity index (χ3v) is 5.41.